The van der Waals surface area contributed by atoms with E-state index in [1.807, 2.05) is 43.8 Å². The Morgan fingerprint density at radius 2 is 2.20 bits per heavy atom. The fourth-order valence-electron chi connectivity index (χ4n) is 3.67. The topological polar surface area (TPSA) is 74.6 Å². The third-order valence-corrected chi connectivity index (χ3v) is 5.92. The van der Waals surface area contributed by atoms with Crippen LogP contribution in [0.25, 0.3) is 0 Å². The van der Waals surface area contributed by atoms with Crippen LogP contribution in [0, 0.1) is 12.8 Å². The molecule has 1 saturated heterocycles. The third kappa shape index (κ3) is 6.10. The molecule has 9 heteroatoms. The van der Waals surface area contributed by atoms with Gasteiger partial charge in [-0.1, -0.05) is 24.6 Å². The number of hydrogen-bond donors (Lipinski definition) is 2. The van der Waals surface area contributed by atoms with Gasteiger partial charge in [0.25, 0.3) is 0 Å². The number of halogens is 2. The number of imidazole rings is 1. The normalized spacial score (nSPS) is 19.2. The van der Waals surface area contributed by atoms with Crippen LogP contribution in [-0.4, -0.2) is 53.0 Å². The molecule has 2 aromatic rings. The first-order valence-corrected chi connectivity index (χ1v) is 10.4. The van der Waals surface area contributed by atoms with Crippen LogP contribution in [0.3, 0.4) is 0 Å². The maximum atomic E-state index is 12.3. The summed E-state index contributed by atoms with van der Waals surface area (Å²) in [5.41, 5.74) is 1.62. The molecular formula is C21H30ClIN6O. The lowest BCUT2D eigenvalue weighted by Crippen LogP contribution is -2.49. The number of likely N-dealkylation sites (tertiary alicyclic amines) is 1. The van der Waals surface area contributed by atoms with E-state index in [0.717, 1.165) is 36.7 Å². The zero-order valence-corrected chi connectivity index (χ0v) is 20.7. The number of nitrogens with zero attached hydrogens (tertiary/aromatic N) is 4. The Balaban J connectivity index is 0.00000320. The summed E-state index contributed by atoms with van der Waals surface area (Å²) in [6.07, 6.45) is 7.14. The number of benzene rings is 1. The van der Waals surface area contributed by atoms with Crippen molar-refractivity contribution in [3.8, 4) is 0 Å². The molecule has 2 heterocycles. The van der Waals surface area contributed by atoms with Gasteiger partial charge in [0, 0.05) is 56.2 Å². The molecule has 1 aliphatic heterocycles. The SMILES string of the molecule is CN=C(NCCC(=O)Nc1cccc(Cl)c1C)N1CCC(C)C(n2ccnc2)C1.I. The molecule has 30 heavy (non-hydrogen) atoms. The Labute approximate surface area is 200 Å². The molecule has 0 bridgehead atoms. The second kappa shape index (κ2) is 11.5. The molecule has 164 valence electrons. The molecule has 0 saturated carbocycles. The number of guanidine groups is 1. The van der Waals surface area contributed by atoms with Gasteiger partial charge in [0.05, 0.1) is 12.4 Å². The smallest absolute Gasteiger partial charge is 0.226 e. The minimum absolute atomic E-state index is 0. The van der Waals surface area contributed by atoms with E-state index in [1.54, 1.807) is 7.05 Å². The zero-order chi connectivity index (χ0) is 20.8. The molecule has 0 aliphatic carbocycles. The molecule has 1 aliphatic rings. The van der Waals surface area contributed by atoms with E-state index in [4.69, 9.17) is 11.6 Å². The van der Waals surface area contributed by atoms with E-state index in [9.17, 15) is 4.79 Å². The molecule has 2 N–H and O–H groups in total. The van der Waals surface area contributed by atoms with Crippen LogP contribution in [0.5, 0.6) is 0 Å². The van der Waals surface area contributed by atoms with Gasteiger partial charge in [-0.2, -0.15) is 0 Å². The van der Waals surface area contributed by atoms with Crippen molar-refractivity contribution >= 4 is 53.1 Å². The van der Waals surface area contributed by atoms with Crippen molar-refractivity contribution in [1.29, 1.82) is 0 Å². The molecular weight excluding hydrogens is 515 g/mol. The Morgan fingerprint density at radius 3 is 2.90 bits per heavy atom. The van der Waals surface area contributed by atoms with Gasteiger partial charge in [-0.05, 0) is 37.0 Å². The minimum atomic E-state index is -0.0538. The van der Waals surface area contributed by atoms with Crippen molar-refractivity contribution in [3.63, 3.8) is 0 Å². The van der Waals surface area contributed by atoms with Crippen LogP contribution >= 0.6 is 35.6 Å². The van der Waals surface area contributed by atoms with Crippen molar-refractivity contribution in [1.82, 2.24) is 19.8 Å². The van der Waals surface area contributed by atoms with Gasteiger partial charge in [-0.25, -0.2) is 4.98 Å². The van der Waals surface area contributed by atoms with E-state index in [2.05, 4.69) is 37.0 Å². The highest BCUT2D eigenvalue weighted by atomic mass is 127. The lowest BCUT2D eigenvalue weighted by molar-refractivity contribution is -0.116. The molecule has 2 atom stereocenters. The van der Waals surface area contributed by atoms with Crippen molar-refractivity contribution in [2.45, 2.75) is 32.7 Å². The first-order valence-electron chi connectivity index (χ1n) is 9.97. The average molecular weight is 545 g/mol. The summed E-state index contributed by atoms with van der Waals surface area (Å²) in [6, 6.07) is 5.86. The van der Waals surface area contributed by atoms with Gasteiger partial charge in [0.2, 0.25) is 5.91 Å². The maximum absolute atomic E-state index is 12.3. The number of anilines is 1. The summed E-state index contributed by atoms with van der Waals surface area (Å²) >= 11 is 6.12. The van der Waals surface area contributed by atoms with Crippen LogP contribution in [0.2, 0.25) is 5.02 Å². The van der Waals surface area contributed by atoms with Crippen molar-refractivity contribution < 1.29 is 4.79 Å². The Bertz CT molecular complexity index is 857. The average Bonchev–Trinajstić information content (AvgIpc) is 3.24. The second-order valence-electron chi connectivity index (χ2n) is 7.47. The van der Waals surface area contributed by atoms with Gasteiger partial charge >= 0.3 is 0 Å². The number of aromatic nitrogens is 2. The Morgan fingerprint density at radius 1 is 1.40 bits per heavy atom. The highest BCUT2D eigenvalue weighted by molar-refractivity contribution is 14.0. The highest BCUT2D eigenvalue weighted by Gasteiger charge is 2.28. The van der Waals surface area contributed by atoms with Gasteiger partial charge in [-0.15, -0.1) is 24.0 Å². The molecule has 3 rings (SSSR count). The molecule has 2 unspecified atom stereocenters. The molecule has 1 aromatic carbocycles. The van der Waals surface area contributed by atoms with Crippen LogP contribution in [0.15, 0.2) is 41.9 Å². The fourth-order valence-corrected chi connectivity index (χ4v) is 3.85. The molecule has 0 radical (unpaired) electrons. The number of nitrogens with one attached hydrogen (secondary N) is 2. The maximum Gasteiger partial charge on any atom is 0.226 e. The van der Waals surface area contributed by atoms with Gasteiger partial charge < -0.3 is 20.1 Å². The number of piperidine rings is 1. The Kier molecular flexibility index (Phi) is 9.41. The predicted molar refractivity (Wildman–Crippen MR) is 133 cm³/mol. The minimum Gasteiger partial charge on any atom is -0.356 e. The molecule has 1 amide bonds. The van der Waals surface area contributed by atoms with Gasteiger partial charge in [-0.3, -0.25) is 9.79 Å². The molecule has 1 fully saturated rings. The Hall–Kier alpha value is -1.81. The van der Waals surface area contributed by atoms with E-state index in [1.165, 1.54) is 0 Å². The first kappa shape index (κ1) is 24.5. The van der Waals surface area contributed by atoms with Crippen molar-refractivity contribution in [2.75, 3.05) is 32.0 Å². The third-order valence-electron chi connectivity index (χ3n) is 5.51. The lowest BCUT2D eigenvalue weighted by Gasteiger charge is -2.39. The van der Waals surface area contributed by atoms with Crippen molar-refractivity contribution in [2.24, 2.45) is 10.9 Å². The number of carbonyl (C=O) groups excluding carboxylic acids is 1. The molecule has 1 aromatic heterocycles. The predicted octanol–water partition coefficient (Wildman–Crippen LogP) is 3.95. The second-order valence-corrected chi connectivity index (χ2v) is 7.88. The van der Waals surface area contributed by atoms with Crippen LogP contribution < -0.4 is 10.6 Å². The number of hydrogen-bond acceptors (Lipinski definition) is 3. The fraction of sp³-hybridized carbons (Fsp3) is 0.476. The van der Waals surface area contributed by atoms with E-state index < -0.39 is 0 Å². The standard InChI is InChI=1S/C21H29ClN6O.HI/c1-15-8-11-27(13-19(15)28-12-10-24-14-28)21(23-3)25-9-7-20(29)26-18-6-4-5-17(22)16(18)2;/h4-6,10,12,14-15,19H,7-9,11,13H2,1-3H3,(H,23,25)(H,26,29);1H. The number of amides is 1. The number of rotatable bonds is 5. The van der Waals surface area contributed by atoms with Crippen LogP contribution in [-0.2, 0) is 4.79 Å². The molecule has 0 spiro atoms. The number of aliphatic imine (C=N–C) groups is 1. The summed E-state index contributed by atoms with van der Waals surface area (Å²) in [4.78, 5) is 23.2. The first-order chi connectivity index (χ1) is 14.0. The summed E-state index contributed by atoms with van der Waals surface area (Å²) in [5.74, 6) is 1.35. The van der Waals surface area contributed by atoms with E-state index in [0.29, 0.717) is 29.9 Å². The quantitative estimate of drug-likeness (QED) is 0.340. The van der Waals surface area contributed by atoms with Gasteiger partial charge in [0.1, 0.15) is 0 Å². The summed E-state index contributed by atoms with van der Waals surface area (Å²) < 4.78 is 2.17. The number of carbonyl (C=O) groups is 1. The monoisotopic (exact) mass is 544 g/mol. The zero-order valence-electron chi connectivity index (χ0n) is 17.6. The largest absolute Gasteiger partial charge is 0.356 e. The van der Waals surface area contributed by atoms with Crippen molar-refractivity contribution in [3.05, 3.63) is 47.5 Å². The summed E-state index contributed by atoms with van der Waals surface area (Å²) in [6.45, 7) is 6.50. The summed E-state index contributed by atoms with van der Waals surface area (Å²) in [7, 11) is 1.78. The van der Waals surface area contributed by atoms with Crippen LogP contribution in [0.1, 0.15) is 31.4 Å². The molecule has 7 nitrogen and oxygen atoms in total. The van der Waals surface area contributed by atoms with E-state index in [-0.39, 0.29) is 29.9 Å². The van der Waals surface area contributed by atoms with Crippen LogP contribution in [0.4, 0.5) is 5.69 Å². The summed E-state index contributed by atoms with van der Waals surface area (Å²) in [5, 5.41) is 6.90. The lowest BCUT2D eigenvalue weighted by atomic mass is 9.93. The van der Waals surface area contributed by atoms with Gasteiger partial charge in [0.15, 0.2) is 5.96 Å². The van der Waals surface area contributed by atoms with E-state index >= 15 is 0 Å². The highest BCUT2D eigenvalue weighted by Crippen LogP contribution is 2.27.